The van der Waals surface area contributed by atoms with Gasteiger partial charge in [0, 0.05) is 23.4 Å². The van der Waals surface area contributed by atoms with Crippen LogP contribution in [-0.2, 0) is 14.8 Å². The third kappa shape index (κ3) is 3.20. The minimum absolute atomic E-state index is 0.165. The lowest BCUT2D eigenvalue weighted by Crippen LogP contribution is -2.43. The zero-order valence-corrected chi connectivity index (χ0v) is 14.3. The zero-order chi connectivity index (χ0) is 15.6. The third-order valence-corrected chi connectivity index (χ3v) is 6.94. The van der Waals surface area contributed by atoms with Crippen LogP contribution in [0.5, 0.6) is 0 Å². The van der Waals surface area contributed by atoms with E-state index in [1.54, 1.807) is 15.6 Å². The molecule has 1 atom stereocenters. The van der Waals surface area contributed by atoms with Gasteiger partial charge in [-0.3, -0.25) is 0 Å². The average molecular weight is 339 g/mol. The molecule has 0 amide bonds. The highest BCUT2D eigenvalue weighted by Crippen LogP contribution is 2.34. The van der Waals surface area contributed by atoms with E-state index in [0.717, 1.165) is 12.0 Å². The van der Waals surface area contributed by atoms with E-state index in [4.69, 9.17) is 4.74 Å². The summed E-state index contributed by atoms with van der Waals surface area (Å²) in [4.78, 5) is 0. The number of hydrogen-bond donors (Lipinski definition) is 0. The van der Waals surface area contributed by atoms with Crippen LogP contribution in [0, 0.1) is 0 Å². The number of unbranched alkanes of at least 4 members (excludes halogenated alkanes) is 1. The van der Waals surface area contributed by atoms with Crippen LogP contribution in [-0.4, -0.2) is 38.2 Å². The SMILES string of the molecule is CCCCS(=O)(=O)N1CCO[C@H](c2csc3ccccc23)C1. The molecule has 0 N–H and O–H groups in total. The van der Waals surface area contributed by atoms with Gasteiger partial charge in [0.25, 0.3) is 0 Å². The highest BCUT2D eigenvalue weighted by Gasteiger charge is 2.30. The molecule has 120 valence electrons. The topological polar surface area (TPSA) is 46.6 Å². The Morgan fingerprint density at radius 1 is 1.36 bits per heavy atom. The number of hydrogen-bond acceptors (Lipinski definition) is 4. The van der Waals surface area contributed by atoms with E-state index in [0.29, 0.717) is 26.1 Å². The number of ether oxygens (including phenoxy) is 1. The van der Waals surface area contributed by atoms with E-state index in [-0.39, 0.29) is 11.9 Å². The van der Waals surface area contributed by atoms with E-state index >= 15 is 0 Å². The molecule has 1 aromatic carbocycles. The molecular weight excluding hydrogens is 318 g/mol. The molecule has 2 aromatic rings. The quantitative estimate of drug-likeness (QED) is 0.839. The Bertz CT molecular complexity index is 739. The van der Waals surface area contributed by atoms with Crippen LogP contribution in [0.15, 0.2) is 29.6 Å². The van der Waals surface area contributed by atoms with Crippen molar-refractivity contribution in [2.45, 2.75) is 25.9 Å². The molecule has 22 heavy (non-hydrogen) atoms. The Labute approximate surface area is 135 Å². The Balaban J connectivity index is 1.81. The lowest BCUT2D eigenvalue weighted by Gasteiger charge is -2.32. The molecule has 0 radical (unpaired) electrons. The predicted molar refractivity (Wildman–Crippen MR) is 90.8 cm³/mol. The zero-order valence-electron chi connectivity index (χ0n) is 12.7. The Morgan fingerprint density at radius 2 is 2.18 bits per heavy atom. The number of benzene rings is 1. The van der Waals surface area contributed by atoms with Crippen molar-refractivity contribution in [2.75, 3.05) is 25.4 Å². The van der Waals surface area contributed by atoms with Crippen molar-refractivity contribution in [1.82, 2.24) is 4.31 Å². The largest absolute Gasteiger partial charge is 0.371 e. The molecule has 2 heterocycles. The number of nitrogens with zero attached hydrogens (tertiary/aromatic N) is 1. The molecule has 6 heteroatoms. The van der Waals surface area contributed by atoms with E-state index < -0.39 is 10.0 Å². The Morgan fingerprint density at radius 3 is 3.00 bits per heavy atom. The monoisotopic (exact) mass is 339 g/mol. The molecule has 4 nitrogen and oxygen atoms in total. The second-order valence-corrected chi connectivity index (χ2v) is 8.57. The minimum Gasteiger partial charge on any atom is -0.371 e. The molecule has 0 unspecified atom stereocenters. The summed E-state index contributed by atoms with van der Waals surface area (Å²) in [6, 6.07) is 8.19. The van der Waals surface area contributed by atoms with Gasteiger partial charge in [0.15, 0.2) is 0 Å². The summed E-state index contributed by atoms with van der Waals surface area (Å²) in [5.74, 6) is 0.237. The fourth-order valence-corrected chi connectivity index (χ4v) is 5.40. The van der Waals surface area contributed by atoms with Gasteiger partial charge in [0.1, 0.15) is 0 Å². The van der Waals surface area contributed by atoms with Gasteiger partial charge < -0.3 is 4.74 Å². The summed E-state index contributed by atoms with van der Waals surface area (Å²) >= 11 is 1.68. The van der Waals surface area contributed by atoms with Crippen molar-refractivity contribution in [2.24, 2.45) is 0 Å². The first-order chi connectivity index (χ1) is 10.6. The molecular formula is C16H21NO3S2. The van der Waals surface area contributed by atoms with Crippen LogP contribution in [0.25, 0.3) is 10.1 Å². The molecule has 1 aromatic heterocycles. The predicted octanol–water partition coefficient (Wildman–Crippen LogP) is 3.40. The van der Waals surface area contributed by atoms with Crippen molar-refractivity contribution in [3.63, 3.8) is 0 Å². The average Bonchev–Trinajstić information content (AvgIpc) is 2.97. The van der Waals surface area contributed by atoms with Gasteiger partial charge in [-0.05, 0) is 23.3 Å². The highest BCUT2D eigenvalue weighted by molar-refractivity contribution is 7.89. The van der Waals surface area contributed by atoms with Crippen LogP contribution in [0.2, 0.25) is 0 Å². The van der Waals surface area contributed by atoms with Crippen LogP contribution in [0.3, 0.4) is 0 Å². The van der Waals surface area contributed by atoms with Gasteiger partial charge in [-0.1, -0.05) is 31.5 Å². The Hall–Kier alpha value is -0.950. The van der Waals surface area contributed by atoms with E-state index in [1.807, 2.05) is 19.1 Å². The Kier molecular flexibility index (Phi) is 4.82. The molecule has 1 fully saturated rings. The standard InChI is InChI=1S/C16H21NO3S2/c1-2-3-10-22(18,19)17-8-9-20-15(11-17)14-12-21-16-7-5-4-6-13(14)16/h4-7,12,15H,2-3,8-11H2,1H3/t15-/m0/s1. The minimum atomic E-state index is -3.17. The molecule has 1 aliphatic heterocycles. The van der Waals surface area contributed by atoms with Gasteiger partial charge in [-0.25, -0.2) is 8.42 Å². The summed E-state index contributed by atoms with van der Waals surface area (Å²) in [6.45, 7) is 3.35. The molecule has 0 bridgehead atoms. The maximum absolute atomic E-state index is 12.4. The lowest BCUT2D eigenvalue weighted by atomic mass is 10.1. The summed E-state index contributed by atoms with van der Waals surface area (Å²) in [5.41, 5.74) is 1.11. The number of sulfonamides is 1. The maximum Gasteiger partial charge on any atom is 0.214 e. The number of rotatable bonds is 5. The highest BCUT2D eigenvalue weighted by atomic mass is 32.2. The van der Waals surface area contributed by atoms with Crippen LogP contribution in [0.4, 0.5) is 0 Å². The van der Waals surface area contributed by atoms with E-state index in [9.17, 15) is 8.42 Å². The van der Waals surface area contributed by atoms with Crippen molar-refractivity contribution < 1.29 is 13.2 Å². The molecule has 3 rings (SSSR count). The summed E-state index contributed by atoms with van der Waals surface area (Å²) < 4.78 is 33.5. The summed E-state index contributed by atoms with van der Waals surface area (Å²) in [5, 5.41) is 3.27. The van der Waals surface area contributed by atoms with Gasteiger partial charge in [0.2, 0.25) is 10.0 Å². The number of thiophene rings is 1. The summed E-state index contributed by atoms with van der Waals surface area (Å²) in [7, 11) is -3.17. The van der Waals surface area contributed by atoms with Crippen molar-refractivity contribution in [3.05, 3.63) is 35.2 Å². The van der Waals surface area contributed by atoms with Crippen LogP contribution < -0.4 is 0 Å². The lowest BCUT2D eigenvalue weighted by molar-refractivity contribution is -0.00153. The smallest absolute Gasteiger partial charge is 0.214 e. The maximum atomic E-state index is 12.4. The van der Waals surface area contributed by atoms with Crippen LogP contribution >= 0.6 is 11.3 Å². The number of morpholine rings is 1. The molecule has 0 aliphatic carbocycles. The second-order valence-electron chi connectivity index (χ2n) is 5.57. The normalized spacial score (nSPS) is 20.5. The van der Waals surface area contributed by atoms with Gasteiger partial charge >= 0.3 is 0 Å². The first-order valence-corrected chi connectivity index (χ1v) is 10.2. The van der Waals surface area contributed by atoms with E-state index in [1.165, 1.54) is 10.1 Å². The molecule has 0 saturated carbocycles. The second kappa shape index (κ2) is 6.66. The van der Waals surface area contributed by atoms with Gasteiger partial charge in [-0.2, -0.15) is 4.31 Å². The number of fused-ring (bicyclic) bond motifs is 1. The third-order valence-electron chi connectivity index (χ3n) is 4.04. The van der Waals surface area contributed by atoms with Crippen molar-refractivity contribution in [3.8, 4) is 0 Å². The van der Waals surface area contributed by atoms with Crippen molar-refractivity contribution >= 4 is 31.4 Å². The molecule has 1 saturated heterocycles. The van der Waals surface area contributed by atoms with Gasteiger partial charge in [0.05, 0.1) is 18.5 Å². The molecule has 0 spiro atoms. The van der Waals surface area contributed by atoms with Crippen LogP contribution in [0.1, 0.15) is 31.4 Å². The summed E-state index contributed by atoms with van der Waals surface area (Å²) in [6.07, 6.45) is 1.44. The van der Waals surface area contributed by atoms with Crippen molar-refractivity contribution in [1.29, 1.82) is 0 Å². The first kappa shape index (κ1) is 15.9. The fourth-order valence-electron chi connectivity index (χ4n) is 2.77. The molecule has 1 aliphatic rings. The van der Waals surface area contributed by atoms with Gasteiger partial charge in [-0.15, -0.1) is 11.3 Å². The first-order valence-electron chi connectivity index (χ1n) is 7.67. The fraction of sp³-hybridized carbons (Fsp3) is 0.500. The van der Waals surface area contributed by atoms with E-state index in [2.05, 4.69) is 17.5 Å².